The fraction of sp³-hybridized carbons (Fsp3) is 0.417. The van der Waals surface area contributed by atoms with Gasteiger partial charge < -0.3 is 15.5 Å². The van der Waals surface area contributed by atoms with Crippen molar-refractivity contribution in [3.63, 3.8) is 0 Å². The van der Waals surface area contributed by atoms with Gasteiger partial charge >= 0.3 is 0 Å². The van der Waals surface area contributed by atoms with Crippen molar-refractivity contribution in [2.45, 2.75) is 12.0 Å². The third-order valence-electron chi connectivity index (χ3n) is 3.52. The van der Waals surface area contributed by atoms with Crippen LogP contribution in [0.15, 0.2) is 17.3 Å². The van der Waals surface area contributed by atoms with Gasteiger partial charge in [-0.15, -0.1) is 0 Å². The molecular formula is C12H12ClF2N3O. The van der Waals surface area contributed by atoms with Crippen LogP contribution in [-0.4, -0.2) is 36.5 Å². The number of benzene rings is 1. The van der Waals surface area contributed by atoms with Crippen LogP contribution in [0.4, 0.5) is 8.78 Å². The molecule has 7 heteroatoms. The second-order valence-corrected chi connectivity index (χ2v) is 5.06. The lowest BCUT2D eigenvalue weighted by Crippen LogP contribution is -2.39. The fourth-order valence-electron chi connectivity index (χ4n) is 2.54. The zero-order chi connectivity index (χ0) is 13.6. The number of nitrogens with zero attached hydrogens (tertiary/aromatic N) is 2. The van der Waals surface area contributed by atoms with Crippen LogP contribution in [0.3, 0.4) is 0 Å². The Morgan fingerprint density at radius 3 is 2.89 bits per heavy atom. The summed E-state index contributed by atoms with van der Waals surface area (Å²) in [5, 5.41) is 3.66. The molecule has 1 aromatic rings. The summed E-state index contributed by atoms with van der Waals surface area (Å²) in [6.45, 7) is 1.63. The molecule has 2 atom stereocenters. The molecule has 19 heavy (non-hydrogen) atoms. The number of halogens is 3. The van der Waals surface area contributed by atoms with E-state index in [0.29, 0.717) is 25.5 Å². The van der Waals surface area contributed by atoms with Gasteiger partial charge in [-0.3, -0.25) is 0 Å². The Hall–Kier alpha value is -1.40. The highest BCUT2D eigenvalue weighted by Gasteiger charge is 2.40. The van der Waals surface area contributed by atoms with E-state index in [1.807, 2.05) is 4.90 Å². The van der Waals surface area contributed by atoms with Crippen LogP contribution in [0.2, 0.25) is 5.02 Å². The van der Waals surface area contributed by atoms with Crippen molar-refractivity contribution in [1.29, 1.82) is 0 Å². The number of hydrogen-bond acceptors (Lipinski definition) is 4. The molecule has 0 bridgehead atoms. The van der Waals surface area contributed by atoms with Crippen LogP contribution >= 0.6 is 11.6 Å². The van der Waals surface area contributed by atoms with Crippen LogP contribution < -0.4 is 5.73 Å². The maximum absolute atomic E-state index is 13.9. The monoisotopic (exact) mass is 287 g/mol. The van der Waals surface area contributed by atoms with Crippen molar-refractivity contribution in [2.75, 3.05) is 19.7 Å². The van der Waals surface area contributed by atoms with Gasteiger partial charge in [-0.1, -0.05) is 16.8 Å². The predicted octanol–water partition coefficient (Wildman–Crippen LogP) is 1.69. The summed E-state index contributed by atoms with van der Waals surface area (Å²) >= 11 is 5.55. The molecule has 4 nitrogen and oxygen atoms in total. The van der Waals surface area contributed by atoms with E-state index < -0.39 is 17.7 Å². The normalized spacial score (nSPS) is 25.9. The van der Waals surface area contributed by atoms with Gasteiger partial charge in [-0.2, -0.15) is 0 Å². The van der Waals surface area contributed by atoms with Gasteiger partial charge in [0.25, 0.3) is 0 Å². The molecule has 0 amide bonds. The number of amidine groups is 1. The molecule has 1 fully saturated rings. The number of oxime groups is 1. The maximum atomic E-state index is 13.9. The Bertz CT molecular complexity index is 552. The van der Waals surface area contributed by atoms with Crippen molar-refractivity contribution >= 4 is 17.4 Å². The minimum atomic E-state index is -0.645. The van der Waals surface area contributed by atoms with Crippen molar-refractivity contribution in [3.8, 4) is 0 Å². The second kappa shape index (κ2) is 4.61. The van der Waals surface area contributed by atoms with Crippen LogP contribution in [0.5, 0.6) is 0 Å². The highest BCUT2D eigenvalue weighted by atomic mass is 35.5. The Morgan fingerprint density at radius 2 is 2.16 bits per heavy atom. The van der Waals surface area contributed by atoms with Gasteiger partial charge in [0.05, 0.1) is 17.6 Å². The quantitative estimate of drug-likeness (QED) is 0.800. The molecule has 2 aliphatic heterocycles. The van der Waals surface area contributed by atoms with E-state index in [2.05, 4.69) is 5.16 Å². The van der Waals surface area contributed by atoms with Crippen LogP contribution in [0.25, 0.3) is 0 Å². The summed E-state index contributed by atoms with van der Waals surface area (Å²) < 4.78 is 27.4. The molecule has 2 heterocycles. The molecule has 102 valence electrons. The first-order valence-corrected chi connectivity index (χ1v) is 6.30. The summed E-state index contributed by atoms with van der Waals surface area (Å²) in [6.07, 6.45) is 0. The van der Waals surface area contributed by atoms with Gasteiger partial charge in [-0.05, 0) is 17.7 Å². The van der Waals surface area contributed by atoms with E-state index in [9.17, 15) is 8.78 Å². The molecule has 0 spiro atoms. The highest BCUT2D eigenvalue weighted by Crippen LogP contribution is 2.33. The Labute approximate surface area is 113 Å². The Morgan fingerprint density at radius 1 is 1.37 bits per heavy atom. The summed E-state index contributed by atoms with van der Waals surface area (Å²) in [5.41, 5.74) is 6.28. The highest BCUT2D eigenvalue weighted by molar-refractivity contribution is 6.30. The molecule has 2 N–H and O–H groups in total. The Kier molecular flexibility index (Phi) is 3.06. The second-order valence-electron chi connectivity index (χ2n) is 4.65. The van der Waals surface area contributed by atoms with Gasteiger partial charge in [0.1, 0.15) is 18.2 Å². The van der Waals surface area contributed by atoms with Gasteiger partial charge in [-0.25, -0.2) is 8.78 Å². The van der Waals surface area contributed by atoms with E-state index in [4.69, 9.17) is 22.2 Å². The predicted molar refractivity (Wildman–Crippen MR) is 67.0 cm³/mol. The zero-order valence-electron chi connectivity index (χ0n) is 9.94. The lowest BCUT2D eigenvalue weighted by molar-refractivity contribution is 0.106. The van der Waals surface area contributed by atoms with Crippen molar-refractivity contribution in [3.05, 3.63) is 34.4 Å². The molecule has 1 aromatic carbocycles. The van der Waals surface area contributed by atoms with Crippen LogP contribution in [0, 0.1) is 11.6 Å². The number of rotatable bonds is 1. The van der Waals surface area contributed by atoms with Gasteiger partial charge in [0.2, 0.25) is 0 Å². The first-order chi connectivity index (χ1) is 9.08. The number of fused-ring (bicyclic) bond motifs is 1. The largest absolute Gasteiger partial charge is 0.392 e. The molecule has 2 aliphatic rings. The fourth-order valence-corrected chi connectivity index (χ4v) is 2.69. The molecule has 1 saturated heterocycles. The third-order valence-corrected chi connectivity index (χ3v) is 3.81. The molecule has 3 rings (SSSR count). The molecule has 0 aliphatic carbocycles. The topological polar surface area (TPSA) is 50.9 Å². The van der Waals surface area contributed by atoms with E-state index >= 15 is 0 Å². The first kappa shape index (κ1) is 12.6. The summed E-state index contributed by atoms with van der Waals surface area (Å²) in [7, 11) is 0. The van der Waals surface area contributed by atoms with E-state index in [1.54, 1.807) is 0 Å². The van der Waals surface area contributed by atoms with E-state index in [1.165, 1.54) is 0 Å². The smallest absolute Gasteiger partial charge is 0.162 e. The molecule has 0 unspecified atom stereocenters. The molecular weight excluding hydrogens is 276 g/mol. The average molecular weight is 288 g/mol. The van der Waals surface area contributed by atoms with Crippen molar-refractivity contribution in [2.24, 2.45) is 10.9 Å². The molecule has 0 radical (unpaired) electrons. The minimum Gasteiger partial charge on any atom is -0.392 e. The lowest BCUT2D eigenvalue weighted by atomic mass is 9.94. The number of hydrogen-bond donors (Lipinski definition) is 1. The minimum absolute atomic E-state index is 0.228. The molecule has 0 aromatic heterocycles. The first-order valence-electron chi connectivity index (χ1n) is 5.92. The van der Waals surface area contributed by atoms with Crippen LogP contribution in [-0.2, 0) is 4.84 Å². The zero-order valence-corrected chi connectivity index (χ0v) is 10.7. The maximum Gasteiger partial charge on any atom is 0.162 e. The van der Waals surface area contributed by atoms with E-state index in [0.717, 1.165) is 12.1 Å². The summed E-state index contributed by atoms with van der Waals surface area (Å²) in [6, 6.07) is 1.59. The van der Waals surface area contributed by atoms with Gasteiger partial charge in [0.15, 0.2) is 5.84 Å². The standard InChI is InChI=1S/C12H12ClF2N3O/c13-8-4-9(14)6(3-10(8)15)7-5-18-1-2-19-17-12(18)11(7)16/h3-4,7,11H,1-2,5,16H2/t7-,11-/m0/s1. The van der Waals surface area contributed by atoms with Crippen molar-refractivity contribution < 1.29 is 13.6 Å². The average Bonchev–Trinajstić information content (AvgIpc) is 2.72. The Balaban J connectivity index is 1.97. The third kappa shape index (κ3) is 2.04. The summed E-state index contributed by atoms with van der Waals surface area (Å²) in [4.78, 5) is 6.92. The van der Waals surface area contributed by atoms with E-state index in [-0.39, 0.29) is 16.5 Å². The van der Waals surface area contributed by atoms with Crippen molar-refractivity contribution in [1.82, 2.24) is 4.90 Å². The summed E-state index contributed by atoms with van der Waals surface area (Å²) in [5.74, 6) is -0.959. The number of nitrogens with two attached hydrogens (primary N) is 1. The molecule has 0 saturated carbocycles. The van der Waals surface area contributed by atoms with Gasteiger partial charge in [0, 0.05) is 12.5 Å². The van der Waals surface area contributed by atoms with Crippen LogP contribution in [0.1, 0.15) is 11.5 Å². The lowest BCUT2D eigenvalue weighted by Gasteiger charge is -2.22. The SMILES string of the molecule is N[C@@H]1C2=NOCCN2C[C@H]1c1cc(F)c(Cl)cc1F.